The van der Waals surface area contributed by atoms with Gasteiger partial charge in [-0.25, -0.2) is 0 Å². The van der Waals surface area contributed by atoms with Crippen molar-refractivity contribution in [1.29, 1.82) is 0 Å². The molecule has 0 aliphatic carbocycles. The number of ether oxygens (including phenoxy) is 1. The first-order valence-electron chi connectivity index (χ1n) is 5.93. The predicted molar refractivity (Wildman–Crippen MR) is 70.6 cm³/mol. The van der Waals surface area contributed by atoms with Crippen molar-refractivity contribution in [2.75, 3.05) is 26.8 Å². The Morgan fingerprint density at radius 1 is 1.67 bits per heavy atom. The quantitative estimate of drug-likeness (QED) is 0.865. The van der Waals surface area contributed by atoms with Gasteiger partial charge in [0.15, 0.2) is 10.4 Å². The Kier molecular flexibility index (Phi) is 4.42. The summed E-state index contributed by atoms with van der Waals surface area (Å²) in [4.78, 5) is 11.9. The molecule has 6 heteroatoms. The monoisotopic (exact) mass is 316 g/mol. The molecule has 1 amide bonds. The van der Waals surface area contributed by atoms with Crippen LogP contribution >= 0.6 is 15.9 Å². The number of carbonyl (C=O) groups is 1. The highest BCUT2D eigenvalue weighted by Gasteiger charge is 2.34. The minimum atomic E-state index is -0.204. The van der Waals surface area contributed by atoms with Crippen molar-refractivity contribution >= 4 is 21.8 Å². The number of hydrogen-bond acceptors (Lipinski definition) is 4. The lowest BCUT2D eigenvalue weighted by Crippen LogP contribution is -2.52. The molecule has 100 valence electrons. The number of methoxy groups -OCH3 is 1. The van der Waals surface area contributed by atoms with Crippen LogP contribution in [0.1, 0.15) is 23.4 Å². The minimum absolute atomic E-state index is 0.145. The molecule has 1 aliphatic rings. The molecule has 1 unspecified atom stereocenters. The van der Waals surface area contributed by atoms with E-state index in [9.17, 15) is 4.79 Å². The molecule has 1 atom stereocenters. The molecule has 0 spiro atoms. The molecule has 2 N–H and O–H groups in total. The Bertz CT molecular complexity index is 413. The maximum Gasteiger partial charge on any atom is 0.287 e. The summed E-state index contributed by atoms with van der Waals surface area (Å²) in [5.74, 6) is 0.109. The molecule has 18 heavy (non-hydrogen) atoms. The molecule has 0 bridgehead atoms. The zero-order valence-corrected chi connectivity index (χ0v) is 11.9. The molecule has 0 radical (unpaired) electrons. The van der Waals surface area contributed by atoms with E-state index < -0.39 is 0 Å². The van der Waals surface area contributed by atoms with Crippen LogP contribution in [0, 0.1) is 0 Å². The fourth-order valence-electron chi connectivity index (χ4n) is 2.24. The predicted octanol–water partition coefficient (Wildman–Crippen LogP) is 1.54. The van der Waals surface area contributed by atoms with Crippen LogP contribution in [0.25, 0.3) is 0 Å². The van der Waals surface area contributed by atoms with Gasteiger partial charge in [-0.1, -0.05) is 0 Å². The number of amides is 1. The molecular weight excluding hydrogens is 300 g/mol. The SMILES string of the molecule is COCC1(CNC(=O)c2ccc(Br)o2)CCCN1. The number of nitrogens with one attached hydrogen (secondary N) is 2. The first-order chi connectivity index (χ1) is 8.65. The lowest BCUT2D eigenvalue weighted by Gasteiger charge is -2.28. The minimum Gasteiger partial charge on any atom is -0.444 e. The summed E-state index contributed by atoms with van der Waals surface area (Å²) in [6, 6.07) is 3.35. The van der Waals surface area contributed by atoms with Gasteiger partial charge in [-0.05, 0) is 47.4 Å². The summed E-state index contributed by atoms with van der Waals surface area (Å²) in [7, 11) is 1.67. The van der Waals surface area contributed by atoms with Gasteiger partial charge < -0.3 is 19.8 Å². The molecule has 5 nitrogen and oxygen atoms in total. The lowest BCUT2D eigenvalue weighted by molar-refractivity contribution is 0.0866. The molecule has 1 aromatic heterocycles. The van der Waals surface area contributed by atoms with Crippen molar-refractivity contribution in [3.63, 3.8) is 0 Å². The number of hydrogen-bond donors (Lipinski definition) is 2. The first kappa shape index (κ1) is 13.6. The molecule has 0 saturated carbocycles. The molecular formula is C12H17BrN2O3. The Hall–Kier alpha value is -0.850. The summed E-state index contributed by atoms with van der Waals surface area (Å²) in [6.07, 6.45) is 2.11. The van der Waals surface area contributed by atoms with Crippen LogP contribution in [-0.2, 0) is 4.74 Å². The third kappa shape index (κ3) is 3.13. The van der Waals surface area contributed by atoms with E-state index in [2.05, 4.69) is 26.6 Å². The maximum absolute atomic E-state index is 11.9. The van der Waals surface area contributed by atoms with E-state index in [1.165, 1.54) is 0 Å². The first-order valence-corrected chi connectivity index (χ1v) is 6.72. The number of carbonyl (C=O) groups excluding carboxylic acids is 1. The molecule has 2 rings (SSSR count). The fourth-order valence-corrected chi connectivity index (χ4v) is 2.55. The van der Waals surface area contributed by atoms with Crippen LogP contribution in [-0.4, -0.2) is 38.3 Å². The van der Waals surface area contributed by atoms with Gasteiger partial charge in [-0.15, -0.1) is 0 Å². The Balaban J connectivity index is 1.91. The van der Waals surface area contributed by atoms with Gasteiger partial charge in [0, 0.05) is 13.7 Å². The fraction of sp³-hybridized carbons (Fsp3) is 0.583. The summed E-state index contributed by atoms with van der Waals surface area (Å²) >= 11 is 3.17. The van der Waals surface area contributed by atoms with Crippen LogP contribution in [0.15, 0.2) is 21.2 Å². The number of halogens is 1. The second kappa shape index (κ2) is 5.86. The summed E-state index contributed by atoms with van der Waals surface area (Å²) in [5, 5.41) is 6.29. The highest BCUT2D eigenvalue weighted by Crippen LogP contribution is 2.19. The Morgan fingerprint density at radius 2 is 2.50 bits per heavy atom. The van der Waals surface area contributed by atoms with E-state index in [-0.39, 0.29) is 11.4 Å². The van der Waals surface area contributed by atoms with Crippen LogP contribution in [0.2, 0.25) is 0 Å². The van der Waals surface area contributed by atoms with E-state index in [0.29, 0.717) is 23.6 Å². The van der Waals surface area contributed by atoms with E-state index in [1.807, 2.05) is 0 Å². The van der Waals surface area contributed by atoms with Crippen molar-refractivity contribution in [1.82, 2.24) is 10.6 Å². The summed E-state index contributed by atoms with van der Waals surface area (Å²) in [5.41, 5.74) is -0.145. The summed E-state index contributed by atoms with van der Waals surface area (Å²) < 4.78 is 11.0. The molecule has 0 aromatic carbocycles. The van der Waals surface area contributed by atoms with E-state index >= 15 is 0 Å². The average Bonchev–Trinajstić information content (AvgIpc) is 2.97. The van der Waals surface area contributed by atoms with Crippen LogP contribution in [0.3, 0.4) is 0 Å². The molecule has 2 heterocycles. The largest absolute Gasteiger partial charge is 0.444 e. The van der Waals surface area contributed by atoms with Gasteiger partial charge in [0.25, 0.3) is 5.91 Å². The third-order valence-corrected chi connectivity index (χ3v) is 3.56. The topological polar surface area (TPSA) is 63.5 Å². The van der Waals surface area contributed by atoms with Gasteiger partial charge in [0.2, 0.25) is 0 Å². The van der Waals surface area contributed by atoms with Gasteiger partial charge in [0.05, 0.1) is 12.1 Å². The van der Waals surface area contributed by atoms with Gasteiger partial charge >= 0.3 is 0 Å². The van der Waals surface area contributed by atoms with Gasteiger partial charge in [-0.2, -0.15) is 0 Å². The van der Waals surface area contributed by atoms with Gasteiger partial charge in [0.1, 0.15) is 0 Å². The standard InChI is InChI=1S/C12H17BrN2O3/c1-17-8-12(5-2-6-15-12)7-14-11(16)9-3-4-10(13)18-9/h3-4,15H,2,5-8H2,1H3,(H,14,16). The highest BCUT2D eigenvalue weighted by molar-refractivity contribution is 9.10. The molecule has 1 fully saturated rings. The highest BCUT2D eigenvalue weighted by atomic mass is 79.9. The zero-order chi connectivity index (χ0) is 13.0. The molecule has 1 saturated heterocycles. The van der Waals surface area contributed by atoms with Crippen LogP contribution < -0.4 is 10.6 Å². The van der Waals surface area contributed by atoms with Crippen LogP contribution in [0.5, 0.6) is 0 Å². The maximum atomic E-state index is 11.9. The average molecular weight is 317 g/mol. The van der Waals surface area contributed by atoms with Crippen molar-refractivity contribution in [3.05, 3.63) is 22.6 Å². The van der Waals surface area contributed by atoms with Crippen LogP contribution in [0.4, 0.5) is 0 Å². The van der Waals surface area contributed by atoms with Crippen molar-refractivity contribution < 1.29 is 13.9 Å². The normalized spacial score (nSPS) is 23.2. The Labute approximate surface area is 114 Å². The number of rotatable bonds is 5. The third-order valence-electron chi connectivity index (χ3n) is 3.14. The smallest absolute Gasteiger partial charge is 0.287 e. The lowest BCUT2D eigenvalue weighted by atomic mass is 9.98. The summed E-state index contributed by atoms with van der Waals surface area (Å²) in [6.45, 7) is 2.10. The molecule has 1 aromatic rings. The van der Waals surface area contributed by atoms with E-state index in [1.54, 1.807) is 19.2 Å². The van der Waals surface area contributed by atoms with E-state index in [4.69, 9.17) is 9.15 Å². The second-order valence-corrected chi connectivity index (χ2v) is 5.31. The second-order valence-electron chi connectivity index (χ2n) is 4.53. The van der Waals surface area contributed by atoms with Gasteiger partial charge in [-0.3, -0.25) is 4.79 Å². The molecule has 1 aliphatic heterocycles. The Morgan fingerprint density at radius 3 is 3.06 bits per heavy atom. The van der Waals surface area contributed by atoms with Crippen molar-refractivity contribution in [2.24, 2.45) is 0 Å². The number of furan rings is 1. The van der Waals surface area contributed by atoms with Crippen molar-refractivity contribution in [2.45, 2.75) is 18.4 Å². The zero-order valence-electron chi connectivity index (χ0n) is 10.3. The van der Waals surface area contributed by atoms with E-state index in [0.717, 1.165) is 19.4 Å². The van der Waals surface area contributed by atoms with Crippen molar-refractivity contribution in [3.8, 4) is 0 Å².